The highest BCUT2D eigenvalue weighted by Gasteiger charge is 2.36. The van der Waals surface area contributed by atoms with Crippen molar-refractivity contribution < 1.29 is 14.3 Å². The Kier molecular flexibility index (Phi) is 4.58. The van der Waals surface area contributed by atoms with Gasteiger partial charge in [0.2, 0.25) is 5.91 Å². The van der Waals surface area contributed by atoms with E-state index in [1.165, 1.54) is 0 Å². The Balaban J connectivity index is 1.70. The number of amides is 1. The van der Waals surface area contributed by atoms with Crippen molar-refractivity contribution in [2.75, 3.05) is 57.5 Å². The van der Waals surface area contributed by atoms with Crippen molar-refractivity contribution in [2.45, 2.75) is 12.2 Å². The number of ether oxygens (including phenoxy) is 2. The van der Waals surface area contributed by atoms with Gasteiger partial charge in [0.15, 0.2) is 0 Å². The molecule has 0 radical (unpaired) electrons. The Morgan fingerprint density at radius 2 is 2.04 bits per heavy atom. The van der Waals surface area contributed by atoms with E-state index in [4.69, 9.17) is 15.2 Å². The lowest BCUT2D eigenvalue weighted by Gasteiger charge is -2.46. The molecule has 0 saturated carbocycles. The number of morpholine rings is 2. The van der Waals surface area contributed by atoms with Crippen LogP contribution in [-0.4, -0.2) is 69.9 Å². The standard InChI is InChI=1S/C16H24N4O3/c1-18-6-16(21)20-9-12-7-19(8-13(10-20)23-12)11-3-4-14(17)15(5-11)22-2/h3-5,12-13,18H,6-10,17H2,1-2H3. The monoisotopic (exact) mass is 320 g/mol. The van der Waals surface area contributed by atoms with Crippen LogP contribution in [0, 0.1) is 0 Å². The summed E-state index contributed by atoms with van der Waals surface area (Å²) < 4.78 is 11.3. The fourth-order valence-corrected chi connectivity index (χ4v) is 3.27. The summed E-state index contributed by atoms with van der Waals surface area (Å²) in [5, 5.41) is 2.91. The zero-order valence-electron chi connectivity index (χ0n) is 13.6. The molecule has 3 rings (SSSR count). The smallest absolute Gasteiger partial charge is 0.236 e. The van der Waals surface area contributed by atoms with E-state index < -0.39 is 0 Å². The molecule has 2 aliphatic rings. The maximum absolute atomic E-state index is 12.1. The highest BCUT2D eigenvalue weighted by atomic mass is 16.5. The largest absolute Gasteiger partial charge is 0.495 e. The molecule has 2 aliphatic heterocycles. The zero-order valence-corrected chi connectivity index (χ0v) is 13.6. The topological polar surface area (TPSA) is 80.1 Å². The van der Waals surface area contributed by atoms with Gasteiger partial charge in [0.05, 0.1) is 31.5 Å². The van der Waals surface area contributed by atoms with Crippen LogP contribution in [0.4, 0.5) is 11.4 Å². The first-order valence-electron chi connectivity index (χ1n) is 7.87. The van der Waals surface area contributed by atoms with Crippen molar-refractivity contribution in [1.29, 1.82) is 0 Å². The van der Waals surface area contributed by atoms with Gasteiger partial charge in [0.1, 0.15) is 5.75 Å². The van der Waals surface area contributed by atoms with E-state index in [1.807, 2.05) is 23.1 Å². The molecule has 23 heavy (non-hydrogen) atoms. The summed E-state index contributed by atoms with van der Waals surface area (Å²) in [5.74, 6) is 0.818. The molecule has 0 spiro atoms. The van der Waals surface area contributed by atoms with E-state index in [9.17, 15) is 4.79 Å². The molecular weight excluding hydrogens is 296 g/mol. The van der Waals surface area contributed by atoms with Gasteiger partial charge in [0, 0.05) is 37.9 Å². The number of anilines is 2. The highest BCUT2D eigenvalue weighted by molar-refractivity contribution is 5.78. The average molecular weight is 320 g/mol. The molecule has 3 N–H and O–H groups in total. The molecule has 2 saturated heterocycles. The number of hydrogen-bond acceptors (Lipinski definition) is 6. The predicted molar refractivity (Wildman–Crippen MR) is 88.8 cm³/mol. The SMILES string of the molecule is CNCC(=O)N1CC2CN(c3ccc(N)c(OC)c3)CC(C1)O2. The molecule has 2 unspecified atom stereocenters. The van der Waals surface area contributed by atoms with Crippen LogP contribution in [0.2, 0.25) is 0 Å². The normalized spacial score (nSPS) is 23.7. The van der Waals surface area contributed by atoms with E-state index in [2.05, 4.69) is 10.2 Å². The van der Waals surface area contributed by atoms with Crippen LogP contribution in [-0.2, 0) is 9.53 Å². The van der Waals surface area contributed by atoms with Gasteiger partial charge in [0.25, 0.3) is 0 Å². The van der Waals surface area contributed by atoms with Crippen molar-refractivity contribution in [3.05, 3.63) is 18.2 Å². The predicted octanol–water partition coefficient (Wildman–Crippen LogP) is -0.0872. The van der Waals surface area contributed by atoms with Gasteiger partial charge < -0.3 is 30.3 Å². The van der Waals surface area contributed by atoms with Crippen molar-refractivity contribution in [3.63, 3.8) is 0 Å². The minimum atomic E-state index is 0.0341. The third-order valence-corrected chi connectivity index (χ3v) is 4.34. The minimum absolute atomic E-state index is 0.0341. The summed E-state index contributed by atoms with van der Waals surface area (Å²) in [7, 11) is 3.41. The van der Waals surface area contributed by atoms with Crippen LogP contribution in [0.5, 0.6) is 5.75 Å². The third-order valence-electron chi connectivity index (χ3n) is 4.34. The van der Waals surface area contributed by atoms with Crippen LogP contribution in [0.25, 0.3) is 0 Å². The number of nitrogen functional groups attached to an aromatic ring is 1. The Hall–Kier alpha value is -1.99. The first-order chi connectivity index (χ1) is 11.1. The number of carbonyl (C=O) groups is 1. The maximum Gasteiger partial charge on any atom is 0.236 e. The molecule has 7 heteroatoms. The Bertz CT molecular complexity index is 566. The number of carbonyl (C=O) groups excluding carboxylic acids is 1. The summed E-state index contributed by atoms with van der Waals surface area (Å²) in [4.78, 5) is 16.2. The second-order valence-electron chi connectivity index (χ2n) is 6.04. The van der Waals surface area contributed by atoms with E-state index in [-0.39, 0.29) is 18.1 Å². The van der Waals surface area contributed by atoms with E-state index >= 15 is 0 Å². The minimum Gasteiger partial charge on any atom is -0.495 e. The van der Waals surface area contributed by atoms with Gasteiger partial charge >= 0.3 is 0 Å². The van der Waals surface area contributed by atoms with Crippen molar-refractivity contribution in [3.8, 4) is 5.75 Å². The number of methoxy groups -OCH3 is 1. The quantitative estimate of drug-likeness (QED) is 0.755. The van der Waals surface area contributed by atoms with E-state index in [1.54, 1.807) is 14.2 Å². The third kappa shape index (κ3) is 3.35. The number of rotatable bonds is 4. The van der Waals surface area contributed by atoms with Gasteiger partial charge in [-0.1, -0.05) is 0 Å². The summed E-state index contributed by atoms with van der Waals surface area (Å²) in [6.07, 6.45) is 0.0682. The molecule has 2 bridgehead atoms. The van der Waals surface area contributed by atoms with Crippen LogP contribution < -0.4 is 20.7 Å². The first kappa shape index (κ1) is 15.9. The van der Waals surface area contributed by atoms with Gasteiger partial charge in [-0.2, -0.15) is 0 Å². The molecule has 1 aromatic carbocycles. The van der Waals surface area contributed by atoms with Gasteiger partial charge in [-0.25, -0.2) is 0 Å². The number of hydrogen-bond donors (Lipinski definition) is 2. The maximum atomic E-state index is 12.1. The number of benzene rings is 1. The molecule has 126 valence electrons. The summed E-state index contributed by atoms with van der Waals surface area (Å²) >= 11 is 0. The second kappa shape index (κ2) is 6.64. The molecule has 1 aromatic rings. The van der Waals surface area contributed by atoms with E-state index in [0.29, 0.717) is 31.1 Å². The lowest BCUT2D eigenvalue weighted by molar-refractivity contribution is -0.146. The average Bonchev–Trinajstić information content (AvgIpc) is 2.54. The van der Waals surface area contributed by atoms with Crippen LogP contribution in [0.1, 0.15) is 0 Å². The number of fused-ring (bicyclic) bond motifs is 2. The number of nitrogens with one attached hydrogen (secondary N) is 1. The molecular formula is C16H24N4O3. The molecule has 0 aliphatic carbocycles. The highest BCUT2D eigenvalue weighted by Crippen LogP contribution is 2.30. The van der Waals surface area contributed by atoms with Crippen molar-refractivity contribution >= 4 is 17.3 Å². The molecule has 1 amide bonds. The van der Waals surface area contributed by atoms with Crippen LogP contribution in [0.15, 0.2) is 18.2 Å². The zero-order chi connectivity index (χ0) is 16.4. The fraction of sp³-hybridized carbons (Fsp3) is 0.562. The lowest BCUT2D eigenvalue weighted by atomic mass is 10.1. The number of nitrogens with two attached hydrogens (primary N) is 1. The van der Waals surface area contributed by atoms with Gasteiger partial charge in [-0.3, -0.25) is 4.79 Å². The number of nitrogens with zero attached hydrogens (tertiary/aromatic N) is 2. The number of likely N-dealkylation sites (N-methyl/N-ethyl adjacent to an activating group) is 1. The second-order valence-corrected chi connectivity index (χ2v) is 6.04. The summed E-state index contributed by atoms with van der Waals surface area (Å²) in [6.45, 7) is 3.16. The molecule has 7 nitrogen and oxygen atoms in total. The van der Waals surface area contributed by atoms with Crippen LogP contribution in [0.3, 0.4) is 0 Å². The molecule has 2 fully saturated rings. The summed E-state index contributed by atoms with van der Waals surface area (Å²) in [5.41, 5.74) is 7.59. The fourth-order valence-electron chi connectivity index (χ4n) is 3.27. The Morgan fingerprint density at radius 1 is 1.35 bits per heavy atom. The van der Waals surface area contributed by atoms with Gasteiger partial charge in [-0.05, 0) is 19.2 Å². The molecule has 2 heterocycles. The Morgan fingerprint density at radius 3 is 2.65 bits per heavy atom. The van der Waals surface area contributed by atoms with Crippen LogP contribution >= 0.6 is 0 Å². The summed E-state index contributed by atoms with van der Waals surface area (Å²) in [6, 6.07) is 5.82. The molecule has 0 aromatic heterocycles. The lowest BCUT2D eigenvalue weighted by Crippen LogP contribution is -2.61. The molecule has 2 atom stereocenters. The van der Waals surface area contributed by atoms with Crippen molar-refractivity contribution in [1.82, 2.24) is 10.2 Å². The van der Waals surface area contributed by atoms with Gasteiger partial charge in [-0.15, -0.1) is 0 Å². The van der Waals surface area contributed by atoms with Crippen molar-refractivity contribution in [2.24, 2.45) is 0 Å². The van der Waals surface area contributed by atoms with E-state index in [0.717, 1.165) is 18.8 Å². The Labute approximate surface area is 136 Å². The first-order valence-corrected chi connectivity index (χ1v) is 7.87.